The third-order valence-corrected chi connectivity index (χ3v) is 3.92. The fraction of sp³-hybridized carbons (Fsp3) is 0.350. The van der Waals surface area contributed by atoms with Gasteiger partial charge in [-0.2, -0.15) is 5.26 Å². The van der Waals surface area contributed by atoms with Gasteiger partial charge in [0, 0.05) is 19.5 Å². The maximum atomic E-state index is 10.3. The summed E-state index contributed by atoms with van der Waals surface area (Å²) in [5.74, 6) is 0. The summed E-state index contributed by atoms with van der Waals surface area (Å²) in [6.45, 7) is 2.55. The molecular weight excluding hydrogens is 284 g/mol. The van der Waals surface area contributed by atoms with Crippen LogP contribution in [0.3, 0.4) is 0 Å². The van der Waals surface area contributed by atoms with Crippen LogP contribution in [0, 0.1) is 11.3 Å². The number of nitrogens with zero attached hydrogens (tertiary/aromatic N) is 2. The SMILES string of the molecule is N#CCCCN(CC[C@@H](O)c1ccccc1)Cc1ccccc1. The Morgan fingerprint density at radius 3 is 2.26 bits per heavy atom. The number of benzene rings is 2. The molecule has 0 aliphatic carbocycles. The molecule has 3 heteroatoms. The number of hydrogen-bond donors (Lipinski definition) is 1. The molecule has 2 rings (SSSR count). The highest BCUT2D eigenvalue weighted by atomic mass is 16.3. The number of rotatable bonds is 9. The minimum Gasteiger partial charge on any atom is -0.388 e. The molecule has 2 aromatic rings. The predicted molar refractivity (Wildman–Crippen MR) is 92.6 cm³/mol. The molecule has 0 aliphatic heterocycles. The molecule has 3 nitrogen and oxygen atoms in total. The Bertz CT molecular complexity index is 592. The first kappa shape index (κ1) is 17.2. The van der Waals surface area contributed by atoms with Crippen molar-refractivity contribution in [1.29, 1.82) is 5.26 Å². The molecule has 0 aromatic heterocycles. The van der Waals surface area contributed by atoms with Crippen molar-refractivity contribution in [3.63, 3.8) is 0 Å². The first-order valence-electron chi connectivity index (χ1n) is 8.16. The van der Waals surface area contributed by atoms with Crippen LogP contribution in [-0.2, 0) is 6.54 Å². The largest absolute Gasteiger partial charge is 0.388 e. The Morgan fingerprint density at radius 2 is 1.61 bits per heavy atom. The molecule has 0 saturated carbocycles. The van der Waals surface area contributed by atoms with Crippen molar-refractivity contribution >= 4 is 0 Å². The quantitative estimate of drug-likeness (QED) is 0.714. The Balaban J connectivity index is 1.90. The molecular formula is C20H24N2O. The maximum absolute atomic E-state index is 10.3. The lowest BCUT2D eigenvalue weighted by molar-refractivity contribution is 0.139. The zero-order valence-electron chi connectivity index (χ0n) is 13.4. The van der Waals surface area contributed by atoms with Gasteiger partial charge in [-0.25, -0.2) is 0 Å². The molecule has 0 bridgehead atoms. The van der Waals surface area contributed by atoms with Crippen molar-refractivity contribution in [1.82, 2.24) is 4.90 Å². The first-order valence-corrected chi connectivity index (χ1v) is 8.16. The molecule has 2 aromatic carbocycles. The fourth-order valence-electron chi connectivity index (χ4n) is 2.64. The number of hydrogen-bond acceptors (Lipinski definition) is 3. The Labute approximate surface area is 138 Å². The van der Waals surface area contributed by atoms with Crippen molar-refractivity contribution in [3.05, 3.63) is 71.8 Å². The molecule has 0 saturated heterocycles. The van der Waals surface area contributed by atoms with Crippen LogP contribution in [0.5, 0.6) is 0 Å². The normalized spacial score (nSPS) is 12.0. The third kappa shape index (κ3) is 6.23. The van der Waals surface area contributed by atoms with Crippen LogP contribution in [0.15, 0.2) is 60.7 Å². The van der Waals surface area contributed by atoms with E-state index in [1.165, 1.54) is 5.56 Å². The van der Waals surface area contributed by atoms with Crippen molar-refractivity contribution < 1.29 is 5.11 Å². The van der Waals surface area contributed by atoms with Gasteiger partial charge in [-0.05, 0) is 30.5 Å². The van der Waals surface area contributed by atoms with Gasteiger partial charge in [-0.3, -0.25) is 4.90 Å². The lowest BCUT2D eigenvalue weighted by Crippen LogP contribution is -2.26. The van der Waals surface area contributed by atoms with Crippen LogP contribution in [0.1, 0.15) is 36.5 Å². The predicted octanol–water partition coefficient (Wildman–Crippen LogP) is 3.92. The van der Waals surface area contributed by atoms with Gasteiger partial charge in [0.2, 0.25) is 0 Å². The first-order chi connectivity index (χ1) is 11.3. The summed E-state index contributed by atoms with van der Waals surface area (Å²) < 4.78 is 0. The van der Waals surface area contributed by atoms with E-state index >= 15 is 0 Å². The number of aliphatic hydroxyl groups excluding tert-OH is 1. The van der Waals surface area contributed by atoms with Crippen LogP contribution in [0.2, 0.25) is 0 Å². The maximum Gasteiger partial charge on any atom is 0.0802 e. The third-order valence-electron chi connectivity index (χ3n) is 3.92. The molecule has 0 heterocycles. The Morgan fingerprint density at radius 1 is 0.957 bits per heavy atom. The van der Waals surface area contributed by atoms with E-state index in [1.807, 2.05) is 48.5 Å². The molecule has 1 atom stereocenters. The van der Waals surface area contributed by atoms with E-state index in [1.54, 1.807) is 0 Å². The number of nitriles is 1. The molecule has 0 spiro atoms. The summed E-state index contributed by atoms with van der Waals surface area (Å²) >= 11 is 0. The van der Waals surface area contributed by atoms with E-state index < -0.39 is 6.10 Å². The van der Waals surface area contributed by atoms with Gasteiger partial charge in [0.25, 0.3) is 0 Å². The van der Waals surface area contributed by atoms with Crippen molar-refractivity contribution in [2.75, 3.05) is 13.1 Å². The highest BCUT2D eigenvalue weighted by molar-refractivity contribution is 5.17. The van der Waals surface area contributed by atoms with Gasteiger partial charge in [-0.15, -0.1) is 0 Å². The van der Waals surface area contributed by atoms with Gasteiger partial charge >= 0.3 is 0 Å². The molecule has 0 amide bonds. The number of unbranched alkanes of at least 4 members (excludes halogenated alkanes) is 1. The Kier molecular flexibility index (Phi) is 7.32. The summed E-state index contributed by atoms with van der Waals surface area (Å²) in [7, 11) is 0. The summed E-state index contributed by atoms with van der Waals surface area (Å²) in [4.78, 5) is 2.32. The minimum atomic E-state index is -0.439. The number of aliphatic hydroxyl groups is 1. The molecule has 0 aliphatic rings. The smallest absolute Gasteiger partial charge is 0.0802 e. The van der Waals surface area contributed by atoms with E-state index in [2.05, 4.69) is 23.1 Å². The Hall–Kier alpha value is -2.15. The standard InChI is InChI=1S/C20H24N2O/c21-14-7-8-15-22(17-18-9-3-1-4-10-18)16-13-20(23)19-11-5-2-6-12-19/h1-6,9-12,20,23H,7-8,13,15-17H2/t20-/m1/s1. The molecule has 0 radical (unpaired) electrons. The summed E-state index contributed by atoms with van der Waals surface area (Å²) in [6.07, 6.45) is 1.70. The van der Waals surface area contributed by atoms with E-state index in [9.17, 15) is 5.11 Å². The van der Waals surface area contributed by atoms with Gasteiger partial charge in [0.15, 0.2) is 0 Å². The second-order valence-electron chi connectivity index (χ2n) is 5.74. The van der Waals surface area contributed by atoms with Gasteiger partial charge in [0.1, 0.15) is 0 Å². The average Bonchev–Trinajstić information content (AvgIpc) is 2.61. The molecule has 0 unspecified atom stereocenters. The van der Waals surface area contributed by atoms with Crippen LogP contribution in [0.4, 0.5) is 0 Å². The minimum absolute atomic E-state index is 0.439. The zero-order chi connectivity index (χ0) is 16.3. The average molecular weight is 308 g/mol. The van der Waals surface area contributed by atoms with E-state index in [4.69, 9.17) is 5.26 Å². The van der Waals surface area contributed by atoms with Gasteiger partial charge in [-0.1, -0.05) is 60.7 Å². The topological polar surface area (TPSA) is 47.3 Å². The summed E-state index contributed by atoms with van der Waals surface area (Å²) in [6, 6.07) is 22.3. The van der Waals surface area contributed by atoms with Crippen LogP contribution in [-0.4, -0.2) is 23.1 Å². The van der Waals surface area contributed by atoms with E-state index in [0.717, 1.165) is 31.6 Å². The van der Waals surface area contributed by atoms with Crippen molar-refractivity contribution in [2.45, 2.75) is 31.9 Å². The molecule has 1 N–H and O–H groups in total. The molecule has 120 valence electrons. The zero-order valence-corrected chi connectivity index (χ0v) is 13.4. The van der Waals surface area contributed by atoms with Crippen LogP contribution < -0.4 is 0 Å². The second kappa shape index (κ2) is 9.78. The lowest BCUT2D eigenvalue weighted by Gasteiger charge is -2.23. The van der Waals surface area contributed by atoms with Crippen molar-refractivity contribution in [3.8, 4) is 6.07 Å². The highest BCUT2D eigenvalue weighted by Gasteiger charge is 2.11. The van der Waals surface area contributed by atoms with Crippen LogP contribution in [0.25, 0.3) is 0 Å². The van der Waals surface area contributed by atoms with Crippen molar-refractivity contribution in [2.24, 2.45) is 0 Å². The van der Waals surface area contributed by atoms with E-state index in [-0.39, 0.29) is 0 Å². The second-order valence-corrected chi connectivity index (χ2v) is 5.74. The lowest BCUT2D eigenvalue weighted by atomic mass is 10.1. The van der Waals surface area contributed by atoms with E-state index in [0.29, 0.717) is 12.8 Å². The summed E-state index contributed by atoms with van der Waals surface area (Å²) in [5, 5.41) is 19.1. The molecule has 0 fully saturated rings. The highest BCUT2D eigenvalue weighted by Crippen LogP contribution is 2.17. The monoisotopic (exact) mass is 308 g/mol. The summed E-state index contributed by atoms with van der Waals surface area (Å²) in [5.41, 5.74) is 2.22. The van der Waals surface area contributed by atoms with Crippen LogP contribution >= 0.6 is 0 Å². The van der Waals surface area contributed by atoms with Gasteiger partial charge < -0.3 is 5.11 Å². The molecule has 23 heavy (non-hydrogen) atoms. The van der Waals surface area contributed by atoms with Gasteiger partial charge in [0.05, 0.1) is 12.2 Å². The fourth-order valence-corrected chi connectivity index (χ4v) is 2.64.